The molecule has 5 nitrogen and oxygen atoms in total. The molecule has 27 heavy (non-hydrogen) atoms. The number of ether oxygens (including phenoxy) is 1. The molecule has 0 radical (unpaired) electrons. The lowest BCUT2D eigenvalue weighted by Gasteiger charge is -2.58. The van der Waals surface area contributed by atoms with E-state index in [2.05, 4.69) is 0 Å². The predicted molar refractivity (Wildman–Crippen MR) is 98.8 cm³/mol. The zero-order chi connectivity index (χ0) is 18.9. The Morgan fingerprint density at radius 3 is 2.33 bits per heavy atom. The van der Waals surface area contributed by atoms with Crippen molar-refractivity contribution in [2.45, 2.75) is 63.0 Å². The third-order valence-corrected chi connectivity index (χ3v) is 6.31. The van der Waals surface area contributed by atoms with Crippen LogP contribution in [0.2, 0.25) is 0 Å². The van der Waals surface area contributed by atoms with Crippen molar-refractivity contribution in [1.29, 1.82) is 0 Å². The van der Waals surface area contributed by atoms with E-state index in [0.29, 0.717) is 5.75 Å². The molecular formula is C21H27FN2O3. The van der Waals surface area contributed by atoms with Crippen molar-refractivity contribution in [2.75, 3.05) is 19.6 Å². The number of hydrogen-bond acceptors (Lipinski definition) is 3. The molecule has 3 aliphatic rings. The molecule has 3 fully saturated rings. The molecule has 2 amide bonds. The lowest BCUT2D eigenvalue weighted by Crippen LogP contribution is -2.77. The van der Waals surface area contributed by atoms with Crippen LogP contribution in [0.25, 0.3) is 0 Å². The lowest BCUT2D eigenvalue weighted by atomic mass is 9.70. The largest absolute Gasteiger partial charge is 0.478 e. The first-order valence-electron chi connectivity index (χ1n) is 10.1. The number of piperidine rings is 1. The van der Waals surface area contributed by atoms with Gasteiger partial charge in [-0.15, -0.1) is 0 Å². The normalized spacial score (nSPS) is 24.6. The van der Waals surface area contributed by atoms with Crippen LogP contribution in [-0.2, 0) is 9.59 Å². The van der Waals surface area contributed by atoms with Gasteiger partial charge >= 0.3 is 0 Å². The standard InChI is InChI=1S/C21H27FN2O3/c22-16-7-9-17(10-8-16)27-19-20(26)24(21(19)11-3-1-4-12-21)15-18(25)23-13-5-2-6-14-23/h7-10,19H,1-6,11-15H2. The van der Waals surface area contributed by atoms with E-state index in [1.54, 1.807) is 17.0 Å². The van der Waals surface area contributed by atoms with Crippen LogP contribution in [0, 0.1) is 5.82 Å². The van der Waals surface area contributed by atoms with Crippen LogP contribution in [-0.4, -0.2) is 52.9 Å². The number of carbonyl (C=O) groups excluding carboxylic acids is 2. The number of carbonyl (C=O) groups is 2. The number of benzene rings is 1. The molecule has 0 N–H and O–H groups in total. The molecule has 1 spiro atoms. The SMILES string of the molecule is O=C(CN1C(=O)C(Oc2ccc(F)cc2)C12CCCCC2)N1CCCCC1. The maximum atomic E-state index is 13.2. The minimum absolute atomic E-state index is 0.0493. The molecule has 1 unspecified atom stereocenters. The van der Waals surface area contributed by atoms with E-state index in [1.165, 1.54) is 18.6 Å². The van der Waals surface area contributed by atoms with Gasteiger partial charge in [-0.3, -0.25) is 9.59 Å². The van der Waals surface area contributed by atoms with Gasteiger partial charge < -0.3 is 14.5 Å². The number of hydrogen-bond donors (Lipinski definition) is 0. The highest BCUT2D eigenvalue weighted by Crippen LogP contribution is 2.45. The van der Waals surface area contributed by atoms with E-state index in [9.17, 15) is 14.0 Å². The van der Waals surface area contributed by atoms with E-state index in [0.717, 1.165) is 58.0 Å². The van der Waals surface area contributed by atoms with E-state index in [-0.39, 0.29) is 24.2 Å². The van der Waals surface area contributed by atoms with Gasteiger partial charge in [0.15, 0.2) is 6.10 Å². The van der Waals surface area contributed by atoms with Gasteiger partial charge in [-0.05, 0) is 56.4 Å². The van der Waals surface area contributed by atoms with Crippen LogP contribution >= 0.6 is 0 Å². The van der Waals surface area contributed by atoms with E-state index in [1.807, 2.05) is 4.90 Å². The summed E-state index contributed by atoms with van der Waals surface area (Å²) in [5, 5.41) is 0. The summed E-state index contributed by atoms with van der Waals surface area (Å²) in [6.07, 6.45) is 7.61. The number of amides is 2. The van der Waals surface area contributed by atoms with E-state index < -0.39 is 11.6 Å². The Hall–Kier alpha value is -2.11. The summed E-state index contributed by atoms with van der Waals surface area (Å²) in [6, 6.07) is 5.79. The van der Waals surface area contributed by atoms with Gasteiger partial charge in [0.1, 0.15) is 18.1 Å². The molecule has 1 aromatic carbocycles. The zero-order valence-electron chi connectivity index (χ0n) is 15.7. The Morgan fingerprint density at radius 2 is 1.67 bits per heavy atom. The Kier molecular flexibility index (Phi) is 5.06. The molecule has 0 bridgehead atoms. The van der Waals surface area contributed by atoms with Gasteiger partial charge in [0.25, 0.3) is 5.91 Å². The van der Waals surface area contributed by atoms with Crippen molar-refractivity contribution < 1.29 is 18.7 Å². The topological polar surface area (TPSA) is 49.9 Å². The third kappa shape index (κ3) is 3.42. The van der Waals surface area contributed by atoms with Crippen molar-refractivity contribution >= 4 is 11.8 Å². The highest BCUT2D eigenvalue weighted by molar-refractivity contribution is 5.94. The fraction of sp³-hybridized carbons (Fsp3) is 0.619. The first-order chi connectivity index (χ1) is 13.1. The molecular weight excluding hydrogens is 347 g/mol. The average Bonchev–Trinajstić information content (AvgIpc) is 2.72. The molecule has 2 saturated heterocycles. The van der Waals surface area contributed by atoms with Gasteiger partial charge in [-0.2, -0.15) is 0 Å². The van der Waals surface area contributed by atoms with Crippen LogP contribution in [0.15, 0.2) is 24.3 Å². The zero-order valence-corrected chi connectivity index (χ0v) is 15.7. The van der Waals surface area contributed by atoms with E-state index >= 15 is 0 Å². The molecule has 4 rings (SSSR count). The smallest absolute Gasteiger partial charge is 0.267 e. The van der Waals surface area contributed by atoms with E-state index in [4.69, 9.17) is 4.74 Å². The van der Waals surface area contributed by atoms with Crippen LogP contribution in [0.1, 0.15) is 51.4 Å². The van der Waals surface area contributed by atoms with Gasteiger partial charge in [0.2, 0.25) is 5.91 Å². The van der Waals surface area contributed by atoms with Crippen LogP contribution in [0.4, 0.5) is 4.39 Å². The fourth-order valence-corrected chi connectivity index (χ4v) is 4.79. The van der Waals surface area contributed by atoms with Crippen LogP contribution in [0.3, 0.4) is 0 Å². The Balaban J connectivity index is 1.49. The Morgan fingerprint density at radius 1 is 1.04 bits per heavy atom. The Bertz CT molecular complexity index is 694. The van der Waals surface area contributed by atoms with Crippen LogP contribution in [0.5, 0.6) is 5.75 Å². The van der Waals surface area contributed by atoms with Gasteiger partial charge in [-0.1, -0.05) is 19.3 Å². The lowest BCUT2D eigenvalue weighted by molar-refractivity contribution is -0.189. The fourth-order valence-electron chi connectivity index (χ4n) is 4.79. The number of rotatable bonds is 4. The molecule has 6 heteroatoms. The van der Waals surface area contributed by atoms with Crippen LogP contribution < -0.4 is 4.74 Å². The van der Waals surface area contributed by atoms with Crippen molar-refractivity contribution in [2.24, 2.45) is 0 Å². The maximum absolute atomic E-state index is 13.2. The molecule has 1 saturated carbocycles. The summed E-state index contributed by atoms with van der Waals surface area (Å²) in [4.78, 5) is 29.3. The summed E-state index contributed by atoms with van der Waals surface area (Å²) in [6.45, 7) is 1.74. The predicted octanol–water partition coefficient (Wildman–Crippen LogP) is 3.13. The number of likely N-dealkylation sites (tertiary alicyclic amines) is 2. The molecule has 2 heterocycles. The molecule has 1 aliphatic carbocycles. The van der Waals surface area contributed by atoms with Crippen molar-refractivity contribution in [1.82, 2.24) is 9.80 Å². The quantitative estimate of drug-likeness (QED) is 0.761. The molecule has 1 atom stereocenters. The summed E-state index contributed by atoms with van der Waals surface area (Å²) in [5.74, 6) is 0.102. The maximum Gasteiger partial charge on any atom is 0.267 e. The molecule has 2 aliphatic heterocycles. The van der Waals surface area contributed by atoms with Gasteiger partial charge in [0.05, 0.1) is 5.54 Å². The highest BCUT2D eigenvalue weighted by Gasteiger charge is 2.62. The molecule has 1 aromatic rings. The first kappa shape index (κ1) is 18.3. The second kappa shape index (κ2) is 7.49. The molecule has 0 aromatic heterocycles. The van der Waals surface area contributed by atoms with Gasteiger partial charge in [0, 0.05) is 13.1 Å². The molecule has 146 valence electrons. The minimum Gasteiger partial charge on any atom is -0.478 e. The summed E-state index contributed by atoms with van der Waals surface area (Å²) in [5.41, 5.74) is -0.394. The third-order valence-electron chi connectivity index (χ3n) is 6.31. The van der Waals surface area contributed by atoms with Crippen molar-refractivity contribution in [3.63, 3.8) is 0 Å². The second-order valence-electron chi connectivity index (χ2n) is 7.98. The first-order valence-corrected chi connectivity index (χ1v) is 10.1. The number of nitrogens with zero attached hydrogens (tertiary/aromatic N) is 2. The summed E-state index contributed by atoms with van der Waals surface area (Å²) < 4.78 is 19.1. The monoisotopic (exact) mass is 374 g/mol. The average molecular weight is 374 g/mol. The summed E-state index contributed by atoms with van der Waals surface area (Å²) in [7, 11) is 0. The van der Waals surface area contributed by atoms with Gasteiger partial charge in [-0.25, -0.2) is 4.39 Å². The van der Waals surface area contributed by atoms with Crippen molar-refractivity contribution in [3.8, 4) is 5.75 Å². The highest BCUT2D eigenvalue weighted by atomic mass is 19.1. The Labute approximate surface area is 159 Å². The summed E-state index contributed by atoms with van der Waals surface area (Å²) >= 11 is 0. The number of halogens is 1. The second-order valence-corrected chi connectivity index (χ2v) is 7.98. The number of β-lactam (4-membered cyclic amide) rings is 1. The minimum atomic E-state index is -0.572. The van der Waals surface area contributed by atoms with Crippen molar-refractivity contribution in [3.05, 3.63) is 30.1 Å².